The Morgan fingerprint density at radius 2 is 1.92 bits per heavy atom. The van der Waals surface area contributed by atoms with E-state index in [-0.39, 0.29) is 15.7 Å². The average Bonchev–Trinajstić information content (AvgIpc) is 2.61. The van der Waals surface area contributed by atoms with Crippen molar-refractivity contribution in [2.24, 2.45) is 0 Å². The Balaban J connectivity index is 2.31. The standard InChI is InChI=1S/C17H14N2O5S/c1-23-10-4-6-13(14(8-10)24-2)19-15(20)11-5-3-9(16(21)22)7-12(11)18-17(19)25/h3-8H,1-2H3,(H,18,25)(H,21,22)/p-1. The molecule has 0 bridgehead atoms. The van der Waals surface area contributed by atoms with Gasteiger partial charge >= 0.3 is 0 Å². The molecule has 1 aromatic heterocycles. The first-order valence-corrected chi connectivity index (χ1v) is 7.60. The van der Waals surface area contributed by atoms with Crippen LogP contribution in [0.2, 0.25) is 0 Å². The number of aromatic nitrogens is 2. The summed E-state index contributed by atoms with van der Waals surface area (Å²) >= 11 is 5.28. The monoisotopic (exact) mass is 357 g/mol. The lowest BCUT2D eigenvalue weighted by Gasteiger charge is -2.13. The van der Waals surface area contributed by atoms with Gasteiger partial charge in [0.15, 0.2) is 4.77 Å². The fraction of sp³-hybridized carbons (Fsp3) is 0.118. The van der Waals surface area contributed by atoms with Crippen molar-refractivity contribution in [1.29, 1.82) is 0 Å². The fourth-order valence-corrected chi connectivity index (χ4v) is 2.82. The molecule has 128 valence electrons. The number of aromatic amines is 1. The topological polar surface area (TPSA) is 96.4 Å². The number of carboxylic acid groups (broad SMARTS) is 1. The van der Waals surface area contributed by atoms with Gasteiger partial charge in [-0.2, -0.15) is 0 Å². The number of benzene rings is 2. The lowest BCUT2D eigenvalue weighted by atomic mass is 10.1. The van der Waals surface area contributed by atoms with E-state index in [1.54, 1.807) is 18.2 Å². The van der Waals surface area contributed by atoms with Gasteiger partial charge in [-0.15, -0.1) is 0 Å². The molecular weight excluding hydrogens is 344 g/mol. The predicted molar refractivity (Wildman–Crippen MR) is 92.2 cm³/mol. The number of hydrogen-bond donors (Lipinski definition) is 1. The van der Waals surface area contributed by atoms with E-state index in [0.717, 1.165) is 0 Å². The first-order chi connectivity index (χ1) is 12.0. The molecule has 7 nitrogen and oxygen atoms in total. The highest BCUT2D eigenvalue weighted by molar-refractivity contribution is 7.71. The summed E-state index contributed by atoms with van der Waals surface area (Å²) in [7, 11) is 3.00. The molecule has 0 radical (unpaired) electrons. The third-order valence-corrected chi connectivity index (χ3v) is 4.05. The average molecular weight is 357 g/mol. The van der Waals surface area contributed by atoms with E-state index in [1.165, 1.54) is 37.0 Å². The van der Waals surface area contributed by atoms with Gasteiger partial charge in [0.2, 0.25) is 0 Å². The van der Waals surface area contributed by atoms with Crippen molar-refractivity contribution in [3.05, 3.63) is 57.1 Å². The first-order valence-electron chi connectivity index (χ1n) is 7.19. The molecule has 0 saturated carbocycles. The molecule has 3 rings (SSSR count). The van der Waals surface area contributed by atoms with Crippen molar-refractivity contribution in [3.63, 3.8) is 0 Å². The molecule has 2 aromatic carbocycles. The molecule has 0 spiro atoms. The minimum absolute atomic E-state index is 0.0441. The number of carbonyl (C=O) groups excluding carboxylic acids is 1. The van der Waals surface area contributed by atoms with Gasteiger partial charge in [0.25, 0.3) is 5.56 Å². The Morgan fingerprint density at radius 1 is 1.16 bits per heavy atom. The molecule has 0 unspecified atom stereocenters. The second-order valence-corrected chi connectivity index (χ2v) is 5.54. The molecular formula is C17H13N2O5S-. The van der Waals surface area contributed by atoms with Crippen LogP contribution >= 0.6 is 12.2 Å². The van der Waals surface area contributed by atoms with Crippen LogP contribution in [0.5, 0.6) is 11.5 Å². The van der Waals surface area contributed by atoms with Crippen molar-refractivity contribution in [2.45, 2.75) is 0 Å². The summed E-state index contributed by atoms with van der Waals surface area (Å²) < 4.78 is 11.9. The summed E-state index contributed by atoms with van der Waals surface area (Å²) in [6, 6.07) is 9.02. The second kappa shape index (κ2) is 6.40. The van der Waals surface area contributed by atoms with E-state index < -0.39 is 11.5 Å². The lowest BCUT2D eigenvalue weighted by molar-refractivity contribution is -0.255. The highest BCUT2D eigenvalue weighted by Crippen LogP contribution is 2.27. The van der Waals surface area contributed by atoms with Crippen LogP contribution in [0.4, 0.5) is 0 Å². The maximum absolute atomic E-state index is 12.9. The van der Waals surface area contributed by atoms with Crippen molar-refractivity contribution >= 4 is 29.1 Å². The molecule has 0 fully saturated rings. The van der Waals surface area contributed by atoms with Crippen LogP contribution in [0.3, 0.4) is 0 Å². The Hall–Kier alpha value is -3.13. The van der Waals surface area contributed by atoms with Crippen molar-refractivity contribution in [2.75, 3.05) is 14.2 Å². The SMILES string of the molecule is COc1ccc(-n2c(=S)[nH]c3cc(C(=O)[O-])ccc3c2=O)c(OC)c1. The van der Waals surface area contributed by atoms with Crippen LogP contribution in [0.25, 0.3) is 16.6 Å². The number of nitrogens with zero attached hydrogens (tertiary/aromatic N) is 1. The first kappa shape index (κ1) is 16.7. The van der Waals surface area contributed by atoms with Gasteiger partial charge in [0.05, 0.1) is 36.8 Å². The van der Waals surface area contributed by atoms with Crippen molar-refractivity contribution in [3.8, 4) is 17.2 Å². The molecule has 1 N–H and O–H groups in total. The molecule has 0 amide bonds. The Kier molecular flexibility index (Phi) is 4.28. The van der Waals surface area contributed by atoms with Gasteiger partial charge < -0.3 is 24.4 Å². The predicted octanol–water partition coefficient (Wildman–Crippen LogP) is 1.43. The zero-order chi connectivity index (χ0) is 18.1. The van der Waals surface area contributed by atoms with E-state index in [2.05, 4.69) is 4.98 Å². The van der Waals surface area contributed by atoms with Crippen LogP contribution in [-0.4, -0.2) is 29.7 Å². The molecule has 0 saturated heterocycles. The zero-order valence-corrected chi connectivity index (χ0v) is 14.2. The fourth-order valence-electron chi connectivity index (χ4n) is 2.53. The maximum atomic E-state index is 12.9. The maximum Gasteiger partial charge on any atom is 0.266 e. The van der Waals surface area contributed by atoms with Gasteiger partial charge in [-0.1, -0.05) is 6.07 Å². The summed E-state index contributed by atoms with van der Waals surface area (Å²) in [6.45, 7) is 0. The highest BCUT2D eigenvalue weighted by Gasteiger charge is 2.13. The van der Waals surface area contributed by atoms with E-state index in [0.29, 0.717) is 22.7 Å². The molecule has 8 heteroatoms. The van der Waals surface area contributed by atoms with Gasteiger partial charge in [0.1, 0.15) is 11.5 Å². The van der Waals surface area contributed by atoms with Gasteiger partial charge in [-0.05, 0) is 42.0 Å². The van der Waals surface area contributed by atoms with Crippen LogP contribution in [0.1, 0.15) is 10.4 Å². The number of methoxy groups -OCH3 is 2. The third kappa shape index (κ3) is 2.87. The van der Waals surface area contributed by atoms with Crippen LogP contribution in [0, 0.1) is 4.77 Å². The minimum atomic E-state index is -1.33. The number of carbonyl (C=O) groups is 1. The zero-order valence-electron chi connectivity index (χ0n) is 13.4. The Bertz CT molecular complexity index is 1100. The number of H-pyrrole nitrogens is 1. The largest absolute Gasteiger partial charge is 0.545 e. The molecule has 0 aliphatic heterocycles. The smallest absolute Gasteiger partial charge is 0.266 e. The molecule has 3 aromatic rings. The molecule has 0 aliphatic carbocycles. The minimum Gasteiger partial charge on any atom is -0.545 e. The van der Waals surface area contributed by atoms with E-state index >= 15 is 0 Å². The normalized spacial score (nSPS) is 10.6. The van der Waals surface area contributed by atoms with Crippen LogP contribution < -0.4 is 20.1 Å². The van der Waals surface area contributed by atoms with Gasteiger partial charge in [0, 0.05) is 6.07 Å². The van der Waals surface area contributed by atoms with E-state index in [1.807, 2.05) is 0 Å². The number of hydrogen-bond acceptors (Lipinski definition) is 6. The quantitative estimate of drug-likeness (QED) is 0.710. The number of nitrogens with one attached hydrogen (secondary N) is 1. The number of aromatic carboxylic acids is 1. The van der Waals surface area contributed by atoms with Crippen molar-refractivity contribution in [1.82, 2.24) is 9.55 Å². The number of ether oxygens (including phenoxy) is 2. The number of fused-ring (bicyclic) bond motifs is 1. The van der Waals surface area contributed by atoms with E-state index in [4.69, 9.17) is 21.7 Å². The summed E-state index contributed by atoms with van der Waals surface area (Å²) in [5.41, 5.74) is 0.324. The van der Waals surface area contributed by atoms with Crippen LogP contribution in [0.15, 0.2) is 41.2 Å². The molecule has 25 heavy (non-hydrogen) atoms. The summed E-state index contributed by atoms with van der Waals surface area (Å²) in [6.07, 6.45) is 0. The molecule has 0 aliphatic rings. The molecule has 1 heterocycles. The second-order valence-electron chi connectivity index (χ2n) is 5.16. The van der Waals surface area contributed by atoms with Crippen LogP contribution in [-0.2, 0) is 0 Å². The summed E-state index contributed by atoms with van der Waals surface area (Å²) in [5, 5.41) is 11.3. The van der Waals surface area contributed by atoms with Crippen molar-refractivity contribution < 1.29 is 19.4 Å². The Morgan fingerprint density at radius 3 is 2.56 bits per heavy atom. The van der Waals surface area contributed by atoms with Gasteiger partial charge in [-0.3, -0.25) is 4.79 Å². The summed E-state index contributed by atoms with van der Waals surface area (Å²) in [4.78, 5) is 26.7. The van der Waals surface area contributed by atoms with E-state index in [9.17, 15) is 14.7 Å². The number of carboxylic acids is 1. The Labute approximate surface area is 147 Å². The molecule has 0 atom stereocenters. The van der Waals surface area contributed by atoms with Gasteiger partial charge in [-0.25, -0.2) is 4.57 Å². The summed E-state index contributed by atoms with van der Waals surface area (Å²) in [5.74, 6) is -0.350. The number of rotatable bonds is 4. The highest BCUT2D eigenvalue weighted by atomic mass is 32.1. The third-order valence-electron chi connectivity index (χ3n) is 3.76. The lowest BCUT2D eigenvalue weighted by Crippen LogP contribution is -2.24.